The third-order valence-electron chi connectivity index (χ3n) is 3.01. The third kappa shape index (κ3) is 5.00. The van der Waals surface area contributed by atoms with Crippen LogP contribution in [0.15, 0.2) is 12.5 Å². The molecule has 6 nitrogen and oxygen atoms in total. The average molecular weight is 268 g/mol. The van der Waals surface area contributed by atoms with Crippen LogP contribution >= 0.6 is 0 Å². The van der Waals surface area contributed by atoms with E-state index in [1.54, 1.807) is 19.6 Å². The van der Waals surface area contributed by atoms with Crippen LogP contribution in [-0.4, -0.2) is 53.7 Å². The summed E-state index contributed by atoms with van der Waals surface area (Å²) in [7, 11) is 1.68. The maximum Gasteiger partial charge on any atom is 0.242 e. The van der Waals surface area contributed by atoms with Crippen molar-refractivity contribution in [2.45, 2.75) is 26.9 Å². The number of methoxy groups -OCH3 is 1. The van der Waals surface area contributed by atoms with E-state index in [1.807, 2.05) is 23.3 Å². The molecule has 1 aromatic heterocycles. The molecule has 0 fully saturated rings. The van der Waals surface area contributed by atoms with E-state index in [2.05, 4.69) is 10.3 Å². The molecule has 0 spiro atoms. The number of likely N-dealkylation sites (N-methyl/N-ethyl adjacent to an activating group) is 1. The van der Waals surface area contributed by atoms with Crippen molar-refractivity contribution in [3.05, 3.63) is 18.2 Å². The van der Waals surface area contributed by atoms with Gasteiger partial charge in [-0.2, -0.15) is 0 Å². The van der Waals surface area contributed by atoms with Crippen LogP contribution in [0, 0.1) is 0 Å². The van der Waals surface area contributed by atoms with Gasteiger partial charge in [-0.3, -0.25) is 4.79 Å². The van der Waals surface area contributed by atoms with Gasteiger partial charge in [-0.25, -0.2) is 4.98 Å². The van der Waals surface area contributed by atoms with E-state index < -0.39 is 0 Å². The molecule has 0 unspecified atom stereocenters. The lowest BCUT2D eigenvalue weighted by Gasteiger charge is -2.19. The van der Waals surface area contributed by atoms with E-state index in [0.717, 1.165) is 25.3 Å². The van der Waals surface area contributed by atoms with Crippen molar-refractivity contribution in [3.8, 4) is 0 Å². The molecule has 0 aliphatic rings. The predicted molar refractivity (Wildman–Crippen MR) is 73.7 cm³/mol. The molecule has 6 heteroatoms. The van der Waals surface area contributed by atoms with Crippen molar-refractivity contribution in [3.63, 3.8) is 0 Å². The highest BCUT2D eigenvalue weighted by Gasteiger charge is 2.12. The topological polar surface area (TPSA) is 59.4 Å². The van der Waals surface area contributed by atoms with Crippen LogP contribution < -0.4 is 5.32 Å². The van der Waals surface area contributed by atoms with Crippen LogP contribution in [0.5, 0.6) is 0 Å². The standard InChI is InChI=1S/C13H24N4O2/c1-4-16(5-2)13(18)10-17-11-15-9-12(17)8-14-6-7-19-3/h9,11,14H,4-8,10H2,1-3H3. The van der Waals surface area contributed by atoms with Gasteiger partial charge in [0, 0.05) is 39.5 Å². The molecule has 1 heterocycles. The van der Waals surface area contributed by atoms with Gasteiger partial charge in [0.2, 0.25) is 5.91 Å². The molecule has 0 aromatic carbocycles. The Bertz CT molecular complexity index is 374. The van der Waals surface area contributed by atoms with Gasteiger partial charge in [0.05, 0.1) is 18.6 Å². The molecule has 0 aliphatic heterocycles. The summed E-state index contributed by atoms with van der Waals surface area (Å²) in [6.45, 7) is 7.96. The monoisotopic (exact) mass is 268 g/mol. The fourth-order valence-electron chi connectivity index (χ4n) is 1.85. The zero-order valence-corrected chi connectivity index (χ0v) is 12.1. The maximum atomic E-state index is 12.0. The summed E-state index contributed by atoms with van der Waals surface area (Å²) in [6.07, 6.45) is 3.49. The second-order valence-electron chi connectivity index (χ2n) is 4.25. The Hall–Kier alpha value is -1.40. The van der Waals surface area contributed by atoms with E-state index >= 15 is 0 Å². The van der Waals surface area contributed by atoms with E-state index in [-0.39, 0.29) is 5.91 Å². The second kappa shape index (κ2) is 8.66. The van der Waals surface area contributed by atoms with Crippen LogP contribution in [0.3, 0.4) is 0 Å². The minimum atomic E-state index is 0.126. The molecule has 1 N–H and O–H groups in total. The summed E-state index contributed by atoms with van der Waals surface area (Å²) in [5.74, 6) is 0.126. The lowest BCUT2D eigenvalue weighted by Crippen LogP contribution is -2.34. The molecule has 108 valence electrons. The average Bonchev–Trinajstić information content (AvgIpc) is 2.83. The van der Waals surface area contributed by atoms with Gasteiger partial charge in [-0.1, -0.05) is 0 Å². The molecule has 0 saturated carbocycles. The molecule has 1 aromatic rings. The number of hydrogen-bond donors (Lipinski definition) is 1. The summed E-state index contributed by atoms with van der Waals surface area (Å²) < 4.78 is 6.86. The zero-order valence-electron chi connectivity index (χ0n) is 12.1. The smallest absolute Gasteiger partial charge is 0.242 e. The molecular formula is C13H24N4O2. The molecule has 0 bridgehead atoms. The Kier molecular flexibility index (Phi) is 7.14. The molecular weight excluding hydrogens is 244 g/mol. The fraction of sp³-hybridized carbons (Fsp3) is 0.692. The highest BCUT2D eigenvalue weighted by molar-refractivity contribution is 5.76. The van der Waals surface area contributed by atoms with Crippen LogP contribution in [-0.2, 0) is 22.6 Å². The number of imidazole rings is 1. The largest absolute Gasteiger partial charge is 0.383 e. The van der Waals surface area contributed by atoms with Gasteiger partial charge in [0.1, 0.15) is 6.54 Å². The van der Waals surface area contributed by atoms with E-state index in [1.165, 1.54) is 0 Å². The summed E-state index contributed by atoms with van der Waals surface area (Å²) in [6, 6.07) is 0. The van der Waals surface area contributed by atoms with Crippen molar-refractivity contribution in [1.82, 2.24) is 19.8 Å². The Morgan fingerprint density at radius 2 is 2.21 bits per heavy atom. The van der Waals surface area contributed by atoms with E-state index in [4.69, 9.17) is 4.74 Å². The van der Waals surface area contributed by atoms with Crippen LogP contribution in [0.25, 0.3) is 0 Å². The number of nitrogens with one attached hydrogen (secondary N) is 1. The molecule has 0 aliphatic carbocycles. The first-order valence-corrected chi connectivity index (χ1v) is 6.69. The number of carbonyl (C=O) groups excluding carboxylic acids is 1. The van der Waals surface area contributed by atoms with E-state index in [0.29, 0.717) is 19.7 Å². The third-order valence-corrected chi connectivity index (χ3v) is 3.01. The SMILES string of the molecule is CCN(CC)C(=O)Cn1cncc1CNCCOC. The summed E-state index contributed by atoms with van der Waals surface area (Å²) in [4.78, 5) is 18.0. The van der Waals surface area contributed by atoms with Crippen LogP contribution in [0.1, 0.15) is 19.5 Å². The van der Waals surface area contributed by atoms with Crippen molar-refractivity contribution in [1.29, 1.82) is 0 Å². The molecule has 0 atom stereocenters. The van der Waals surface area contributed by atoms with Gasteiger partial charge in [0.25, 0.3) is 0 Å². The molecule has 0 radical (unpaired) electrons. The molecule has 1 rings (SSSR count). The summed E-state index contributed by atoms with van der Waals surface area (Å²) in [5.41, 5.74) is 1.01. The highest BCUT2D eigenvalue weighted by atomic mass is 16.5. The Morgan fingerprint density at radius 1 is 1.47 bits per heavy atom. The Labute approximate surface area is 114 Å². The number of ether oxygens (including phenoxy) is 1. The van der Waals surface area contributed by atoms with E-state index in [9.17, 15) is 4.79 Å². The van der Waals surface area contributed by atoms with Crippen LogP contribution in [0.4, 0.5) is 0 Å². The summed E-state index contributed by atoms with van der Waals surface area (Å²) in [5, 5.41) is 3.25. The lowest BCUT2D eigenvalue weighted by molar-refractivity contribution is -0.131. The highest BCUT2D eigenvalue weighted by Crippen LogP contribution is 2.01. The first-order chi connectivity index (χ1) is 9.22. The van der Waals surface area contributed by atoms with Gasteiger partial charge < -0.3 is 19.5 Å². The Balaban J connectivity index is 2.50. The number of amides is 1. The number of aromatic nitrogens is 2. The first-order valence-electron chi connectivity index (χ1n) is 6.69. The molecule has 19 heavy (non-hydrogen) atoms. The van der Waals surface area contributed by atoms with Crippen LogP contribution in [0.2, 0.25) is 0 Å². The van der Waals surface area contributed by atoms with Gasteiger partial charge in [-0.05, 0) is 13.8 Å². The number of nitrogens with zero attached hydrogens (tertiary/aromatic N) is 3. The zero-order chi connectivity index (χ0) is 14.1. The van der Waals surface area contributed by atoms with Crippen molar-refractivity contribution in [2.75, 3.05) is 33.4 Å². The number of carbonyl (C=O) groups is 1. The summed E-state index contributed by atoms with van der Waals surface area (Å²) >= 11 is 0. The van der Waals surface area contributed by atoms with Crippen molar-refractivity contribution >= 4 is 5.91 Å². The fourth-order valence-corrected chi connectivity index (χ4v) is 1.85. The van der Waals surface area contributed by atoms with Gasteiger partial charge in [0.15, 0.2) is 0 Å². The quantitative estimate of drug-likeness (QED) is 0.662. The number of hydrogen-bond acceptors (Lipinski definition) is 4. The predicted octanol–water partition coefficient (Wildman–Crippen LogP) is 0.488. The van der Waals surface area contributed by atoms with Crippen molar-refractivity contribution in [2.24, 2.45) is 0 Å². The minimum absolute atomic E-state index is 0.126. The maximum absolute atomic E-state index is 12.0. The van der Waals surface area contributed by atoms with Crippen molar-refractivity contribution < 1.29 is 9.53 Å². The normalized spacial score (nSPS) is 10.7. The van der Waals surface area contributed by atoms with Gasteiger partial charge >= 0.3 is 0 Å². The lowest BCUT2D eigenvalue weighted by atomic mass is 10.4. The number of rotatable bonds is 9. The first kappa shape index (κ1) is 15.7. The Morgan fingerprint density at radius 3 is 2.84 bits per heavy atom. The van der Waals surface area contributed by atoms with Gasteiger partial charge in [-0.15, -0.1) is 0 Å². The molecule has 0 saturated heterocycles. The minimum Gasteiger partial charge on any atom is -0.383 e. The molecule has 1 amide bonds. The second-order valence-corrected chi connectivity index (χ2v) is 4.25.